The number of aryl methyl sites for hydroxylation is 1. The van der Waals surface area contributed by atoms with Crippen molar-refractivity contribution in [3.63, 3.8) is 0 Å². The van der Waals surface area contributed by atoms with Crippen LogP contribution in [0.15, 0.2) is 35.1 Å². The van der Waals surface area contributed by atoms with Crippen molar-refractivity contribution in [2.75, 3.05) is 13.1 Å². The number of hydrogen-bond donors (Lipinski definition) is 1. The average Bonchev–Trinajstić information content (AvgIpc) is 3.44. The van der Waals surface area contributed by atoms with Crippen molar-refractivity contribution in [2.45, 2.75) is 31.6 Å². The Morgan fingerprint density at radius 3 is 2.56 bits per heavy atom. The van der Waals surface area contributed by atoms with Gasteiger partial charge in [-0.1, -0.05) is 18.2 Å². The zero-order valence-electron chi connectivity index (χ0n) is 15.3. The third-order valence-corrected chi connectivity index (χ3v) is 5.67. The van der Waals surface area contributed by atoms with Gasteiger partial charge in [-0.15, -0.1) is 0 Å². The number of hydrogen-bond acceptors (Lipinski definition) is 4. The third-order valence-electron chi connectivity index (χ3n) is 5.67. The Bertz CT molecular complexity index is 942. The van der Waals surface area contributed by atoms with Crippen molar-refractivity contribution < 1.29 is 9.59 Å². The zero-order valence-corrected chi connectivity index (χ0v) is 15.3. The first kappa shape index (κ1) is 17.5. The van der Waals surface area contributed by atoms with Crippen molar-refractivity contribution >= 4 is 11.8 Å². The number of para-hydroxylation sites is 1. The molecule has 1 aromatic heterocycles. The monoisotopic (exact) mass is 369 g/mol. The molecule has 0 unspecified atom stereocenters. The fraction of sp³-hybridized carbons (Fsp3) is 0.474. The molecule has 1 aliphatic carbocycles. The zero-order chi connectivity index (χ0) is 19.2. The highest BCUT2D eigenvalue weighted by Crippen LogP contribution is 2.47. The first-order valence-corrected chi connectivity index (χ1v) is 9.25. The number of piperidine rings is 1. The van der Waals surface area contributed by atoms with Gasteiger partial charge in [0.1, 0.15) is 11.2 Å². The van der Waals surface area contributed by atoms with E-state index in [0.29, 0.717) is 31.8 Å². The quantitative estimate of drug-likeness (QED) is 0.795. The summed E-state index contributed by atoms with van der Waals surface area (Å²) in [6.45, 7) is 1.05. The molecular formula is C19H23N5O3. The normalized spacial score (nSPS) is 21.1. The van der Waals surface area contributed by atoms with E-state index in [1.165, 1.54) is 4.68 Å². The maximum Gasteiger partial charge on any atom is 0.350 e. The minimum absolute atomic E-state index is 0.0690. The molecule has 8 heteroatoms. The van der Waals surface area contributed by atoms with E-state index in [1.807, 2.05) is 30.3 Å². The SMILES string of the molecule is Cn1nc([C@@H]2CCCN(C(=O)C3(C(N)=O)CC3)C2)n(-c2ccccc2)c1=O. The largest absolute Gasteiger partial charge is 0.369 e. The van der Waals surface area contributed by atoms with Crippen LogP contribution in [0.2, 0.25) is 0 Å². The second-order valence-electron chi connectivity index (χ2n) is 7.47. The number of amides is 2. The number of benzene rings is 1. The molecular weight excluding hydrogens is 346 g/mol. The summed E-state index contributed by atoms with van der Waals surface area (Å²) in [5, 5.41) is 4.45. The van der Waals surface area contributed by atoms with E-state index < -0.39 is 11.3 Å². The molecule has 2 aliphatic rings. The molecule has 8 nitrogen and oxygen atoms in total. The third kappa shape index (κ3) is 2.85. The molecule has 1 aliphatic heterocycles. The van der Waals surface area contributed by atoms with E-state index >= 15 is 0 Å². The number of rotatable bonds is 4. The fourth-order valence-corrected chi connectivity index (χ4v) is 3.93. The molecule has 27 heavy (non-hydrogen) atoms. The van der Waals surface area contributed by atoms with Crippen LogP contribution in [0.25, 0.3) is 5.69 Å². The molecule has 1 saturated carbocycles. The molecule has 2 heterocycles. The predicted molar refractivity (Wildman–Crippen MR) is 98.2 cm³/mol. The van der Waals surface area contributed by atoms with Crippen LogP contribution in [0.1, 0.15) is 37.4 Å². The summed E-state index contributed by atoms with van der Waals surface area (Å²) < 4.78 is 2.94. The first-order valence-electron chi connectivity index (χ1n) is 9.25. The van der Waals surface area contributed by atoms with Gasteiger partial charge in [-0.2, -0.15) is 5.10 Å². The van der Waals surface area contributed by atoms with Crippen LogP contribution in [-0.2, 0) is 16.6 Å². The van der Waals surface area contributed by atoms with Gasteiger partial charge in [0.05, 0.1) is 5.69 Å². The lowest BCUT2D eigenvalue weighted by atomic mass is 9.94. The topological polar surface area (TPSA) is 103 Å². The van der Waals surface area contributed by atoms with Crippen molar-refractivity contribution in [2.24, 2.45) is 18.2 Å². The van der Waals surface area contributed by atoms with Crippen molar-refractivity contribution in [1.29, 1.82) is 0 Å². The Morgan fingerprint density at radius 2 is 1.93 bits per heavy atom. The molecule has 0 spiro atoms. The molecule has 1 saturated heterocycles. The molecule has 2 N–H and O–H groups in total. The highest BCUT2D eigenvalue weighted by Gasteiger charge is 2.57. The van der Waals surface area contributed by atoms with Gasteiger partial charge < -0.3 is 10.6 Å². The van der Waals surface area contributed by atoms with Crippen molar-refractivity contribution in [3.8, 4) is 5.69 Å². The van der Waals surface area contributed by atoms with Gasteiger partial charge in [-0.05, 0) is 37.8 Å². The standard InChI is InChI=1S/C19H23N5O3/c1-22-18(27)24(14-7-3-2-4-8-14)15(21-22)13-6-5-11-23(12-13)17(26)19(9-10-19)16(20)25/h2-4,7-8,13H,5-6,9-12H2,1H3,(H2,20,25)/t13-/m1/s1. The van der Waals surface area contributed by atoms with Gasteiger partial charge >= 0.3 is 5.69 Å². The van der Waals surface area contributed by atoms with E-state index in [9.17, 15) is 14.4 Å². The minimum atomic E-state index is -1.01. The lowest BCUT2D eigenvalue weighted by Gasteiger charge is -2.34. The Balaban J connectivity index is 1.65. The molecule has 142 valence electrons. The van der Waals surface area contributed by atoms with Gasteiger partial charge in [-0.25, -0.2) is 14.0 Å². The number of carbonyl (C=O) groups excluding carboxylic acids is 2. The lowest BCUT2D eigenvalue weighted by molar-refractivity contribution is -0.144. The molecule has 2 fully saturated rings. The highest BCUT2D eigenvalue weighted by atomic mass is 16.2. The summed E-state index contributed by atoms with van der Waals surface area (Å²) in [5.74, 6) is -0.131. The number of nitrogens with two attached hydrogens (primary N) is 1. The summed E-state index contributed by atoms with van der Waals surface area (Å²) >= 11 is 0. The summed E-state index contributed by atoms with van der Waals surface area (Å²) in [5.41, 5.74) is 4.99. The van der Waals surface area contributed by atoms with E-state index in [1.54, 1.807) is 16.5 Å². The average molecular weight is 369 g/mol. The molecule has 0 radical (unpaired) electrons. The number of likely N-dealkylation sites (tertiary alicyclic amines) is 1. The van der Waals surface area contributed by atoms with Gasteiger partial charge in [0.2, 0.25) is 11.8 Å². The molecule has 2 aromatic rings. The van der Waals surface area contributed by atoms with Crippen LogP contribution >= 0.6 is 0 Å². The first-order chi connectivity index (χ1) is 12.9. The van der Waals surface area contributed by atoms with E-state index in [-0.39, 0.29) is 17.5 Å². The molecule has 1 atom stereocenters. The Hall–Kier alpha value is -2.90. The highest BCUT2D eigenvalue weighted by molar-refractivity contribution is 6.07. The Kier molecular flexibility index (Phi) is 4.13. The maximum absolute atomic E-state index is 12.9. The minimum Gasteiger partial charge on any atom is -0.369 e. The summed E-state index contributed by atoms with van der Waals surface area (Å²) in [6, 6.07) is 9.37. The van der Waals surface area contributed by atoms with Crippen LogP contribution < -0.4 is 11.4 Å². The molecule has 0 bridgehead atoms. The van der Waals surface area contributed by atoms with Crippen LogP contribution in [0.4, 0.5) is 0 Å². The lowest BCUT2D eigenvalue weighted by Crippen LogP contribution is -2.47. The number of carbonyl (C=O) groups is 2. The van der Waals surface area contributed by atoms with Crippen LogP contribution in [-0.4, -0.2) is 44.2 Å². The maximum atomic E-state index is 12.9. The van der Waals surface area contributed by atoms with Gasteiger partial charge in [0.25, 0.3) is 0 Å². The fourth-order valence-electron chi connectivity index (χ4n) is 3.93. The second-order valence-corrected chi connectivity index (χ2v) is 7.47. The number of primary amides is 1. The summed E-state index contributed by atoms with van der Waals surface area (Å²) in [4.78, 5) is 38.9. The number of nitrogens with zero attached hydrogens (tertiary/aromatic N) is 4. The van der Waals surface area contributed by atoms with E-state index in [2.05, 4.69) is 5.10 Å². The van der Waals surface area contributed by atoms with Gasteiger partial charge in [0, 0.05) is 26.1 Å². The van der Waals surface area contributed by atoms with Gasteiger partial charge in [0.15, 0.2) is 0 Å². The van der Waals surface area contributed by atoms with Gasteiger partial charge in [-0.3, -0.25) is 9.59 Å². The molecule has 1 aromatic carbocycles. The second kappa shape index (κ2) is 6.37. The Labute approximate surface area is 156 Å². The summed E-state index contributed by atoms with van der Waals surface area (Å²) in [7, 11) is 1.63. The molecule has 4 rings (SSSR count). The number of aromatic nitrogens is 3. The summed E-state index contributed by atoms with van der Waals surface area (Å²) in [6.07, 6.45) is 2.68. The van der Waals surface area contributed by atoms with Crippen molar-refractivity contribution in [1.82, 2.24) is 19.2 Å². The van der Waals surface area contributed by atoms with E-state index in [4.69, 9.17) is 5.73 Å². The van der Waals surface area contributed by atoms with Crippen LogP contribution in [0.3, 0.4) is 0 Å². The van der Waals surface area contributed by atoms with E-state index in [0.717, 1.165) is 18.5 Å². The smallest absolute Gasteiger partial charge is 0.350 e. The van der Waals surface area contributed by atoms with Crippen molar-refractivity contribution in [3.05, 3.63) is 46.6 Å². The van der Waals surface area contributed by atoms with Crippen LogP contribution in [0.5, 0.6) is 0 Å². The Morgan fingerprint density at radius 1 is 1.22 bits per heavy atom. The molecule has 2 amide bonds. The van der Waals surface area contributed by atoms with Crippen LogP contribution in [0, 0.1) is 5.41 Å². The predicted octanol–water partition coefficient (Wildman–Crippen LogP) is 0.542.